The van der Waals surface area contributed by atoms with Crippen LogP contribution in [0.3, 0.4) is 0 Å². The zero-order valence-electron chi connectivity index (χ0n) is 14.8. The van der Waals surface area contributed by atoms with Crippen molar-refractivity contribution in [1.82, 2.24) is 10.2 Å². The summed E-state index contributed by atoms with van der Waals surface area (Å²) in [5.74, 6) is 0.945. The van der Waals surface area contributed by atoms with Gasteiger partial charge < -0.3 is 20.3 Å². The van der Waals surface area contributed by atoms with Gasteiger partial charge in [0.2, 0.25) is 5.91 Å². The Morgan fingerprint density at radius 2 is 1.65 bits per heavy atom. The van der Waals surface area contributed by atoms with Crippen molar-refractivity contribution in [3.05, 3.63) is 59.7 Å². The number of methoxy groups -OCH3 is 1. The summed E-state index contributed by atoms with van der Waals surface area (Å²) in [6.07, 6.45) is 1.50. The van der Waals surface area contributed by atoms with Crippen LogP contribution < -0.4 is 15.4 Å². The van der Waals surface area contributed by atoms with E-state index in [-0.39, 0.29) is 11.9 Å². The van der Waals surface area contributed by atoms with E-state index in [0.717, 1.165) is 36.4 Å². The van der Waals surface area contributed by atoms with E-state index in [4.69, 9.17) is 4.74 Å². The molecular formula is C20H23N3O3. The van der Waals surface area contributed by atoms with Gasteiger partial charge in [-0.25, -0.2) is 4.79 Å². The summed E-state index contributed by atoms with van der Waals surface area (Å²) in [4.78, 5) is 25.8. The molecule has 0 atom stereocenters. The number of nitrogens with zero attached hydrogens (tertiary/aromatic N) is 1. The second kappa shape index (κ2) is 8.38. The van der Waals surface area contributed by atoms with Crippen LogP contribution in [-0.2, 0) is 17.8 Å². The molecule has 0 bridgehead atoms. The first-order valence-corrected chi connectivity index (χ1v) is 8.68. The molecule has 2 aromatic rings. The van der Waals surface area contributed by atoms with Crippen molar-refractivity contribution in [3.63, 3.8) is 0 Å². The van der Waals surface area contributed by atoms with Crippen molar-refractivity contribution in [2.24, 2.45) is 0 Å². The van der Waals surface area contributed by atoms with Gasteiger partial charge in [0.1, 0.15) is 5.75 Å². The van der Waals surface area contributed by atoms with Gasteiger partial charge in [-0.15, -0.1) is 0 Å². The third-order valence-corrected chi connectivity index (χ3v) is 4.39. The van der Waals surface area contributed by atoms with Crippen molar-refractivity contribution in [2.45, 2.75) is 19.4 Å². The molecule has 6 nitrogen and oxygen atoms in total. The molecule has 3 rings (SSSR count). The number of ether oxygens (including phenoxy) is 1. The minimum absolute atomic E-state index is 0.161. The van der Waals surface area contributed by atoms with Crippen LogP contribution in [0.4, 0.5) is 10.5 Å². The Kier molecular flexibility index (Phi) is 5.73. The predicted molar refractivity (Wildman–Crippen MR) is 100 cm³/mol. The quantitative estimate of drug-likeness (QED) is 0.839. The fourth-order valence-corrected chi connectivity index (χ4v) is 2.66. The lowest BCUT2D eigenvalue weighted by Crippen LogP contribution is -2.42. The van der Waals surface area contributed by atoms with E-state index in [1.54, 1.807) is 7.11 Å². The van der Waals surface area contributed by atoms with Crippen molar-refractivity contribution in [3.8, 4) is 5.75 Å². The predicted octanol–water partition coefficient (Wildman–Crippen LogP) is 2.79. The molecule has 26 heavy (non-hydrogen) atoms. The highest BCUT2D eigenvalue weighted by atomic mass is 16.5. The number of hydrogen-bond acceptors (Lipinski definition) is 3. The molecule has 3 amide bonds. The van der Waals surface area contributed by atoms with Crippen molar-refractivity contribution >= 4 is 17.6 Å². The lowest BCUT2D eigenvalue weighted by Gasteiger charge is -2.30. The number of rotatable bonds is 6. The minimum Gasteiger partial charge on any atom is -0.497 e. The first-order valence-electron chi connectivity index (χ1n) is 8.68. The molecule has 136 valence electrons. The first-order chi connectivity index (χ1) is 12.6. The standard InChI is InChI=1S/C20H23N3O3/c1-26-18-9-5-16(6-10-18)14-21-20(25)22-17-7-3-15(4-8-17)13-19(24)23-11-2-12-23/h3-10H,2,11-14H2,1H3,(H2,21,22,25). The summed E-state index contributed by atoms with van der Waals surface area (Å²) in [7, 11) is 1.62. The summed E-state index contributed by atoms with van der Waals surface area (Å²) in [6.45, 7) is 2.16. The Morgan fingerprint density at radius 1 is 1.00 bits per heavy atom. The fraction of sp³-hybridized carbons (Fsp3) is 0.300. The highest BCUT2D eigenvalue weighted by molar-refractivity contribution is 5.89. The van der Waals surface area contributed by atoms with Gasteiger partial charge in [-0.3, -0.25) is 4.79 Å². The number of benzene rings is 2. The van der Waals surface area contributed by atoms with Crippen LogP contribution in [-0.4, -0.2) is 37.0 Å². The van der Waals surface area contributed by atoms with E-state index < -0.39 is 0 Å². The number of anilines is 1. The number of urea groups is 1. The van der Waals surface area contributed by atoms with Crippen LogP contribution in [0, 0.1) is 0 Å². The van der Waals surface area contributed by atoms with Crippen LogP contribution in [0.5, 0.6) is 5.75 Å². The maximum atomic E-state index is 12.0. The molecule has 0 radical (unpaired) electrons. The molecule has 6 heteroatoms. The average molecular weight is 353 g/mol. The summed E-state index contributed by atoms with van der Waals surface area (Å²) in [6, 6.07) is 14.6. The Morgan fingerprint density at radius 3 is 2.23 bits per heavy atom. The van der Waals surface area contributed by atoms with Crippen LogP contribution in [0.25, 0.3) is 0 Å². The van der Waals surface area contributed by atoms with Gasteiger partial charge in [-0.2, -0.15) is 0 Å². The van der Waals surface area contributed by atoms with Crippen molar-refractivity contribution < 1.29 is 14.3 Å². The maximum absolute atomic E-state index is 12.0. The summed E-state index contributed by atoms with van der Waals surface area (Å²) >= 11 is 0. The Labute approximate surface area is 153 Å². The van der Waals surface area contributed by atoms with E-state index in [0.29, 0.717) is 18.7 Å². The summed E-state index contributed by atoms with van der Waals surface area (Å²) < 4.78 is 5.11. The molecule has 1 fully saturated rings. The minimum atomic E-state index is -0.273. The van der Waals surface area contributed by atoms with E-state index in [1.807, 2.05) is 53.4 Å². The Hall–Kier alpha value is -3.02. The summed E-state index contributed by atoms with van der Waals surface area (Å²) in [5, 5.41) is 5.60. The number of carbonyl (C=O) groups excluding carboxylic acids is 2. The molecule has 1 heterocycles. The molecule has 0 unspecified atom stereocenters. The van der Waals surface area contributed by atoms with Gasteiger partial charge in [-0.1, -0.05) is 24.3 Å². The number of hydrogen-bond donors (Lipinski definition) is 2. The van der Waals surface area contributed by atoms with Crippen molar-refractivity contribution in [1.29, 1.82) is 0 Å². The van der Waals surface area contributed by atoms with E-state index in [2.05, 4.69) is 10.6 Å². The van der Waals surface area contributed by atoms with Crippen LogP contribution in [0.1, 0.15) is 17.5 Å². The highest BCUT2D eigenvalue weighted by Gasteiger charge is 2.19. The maximum Gasteiger partial charge on any atom is 0.319 e. The average Bonchev–Trinajstić information content (AvgIpc) is 2.60. The first kappa shape index (κ1) is 17.8. The topological polar surface area (TPSA) is 70.7 Å². The third kappa shape index (κ3) is 4.75. The molecule has 0 aromatic heterocycles. The number of amides is 3. The van der Waals surface area contributed by atoms with Crippen LogP contribution >= 0.6 is 0 Å². The molecule has 1 saturated heterocycles. The summed E-state index contributed by atoms with van der Waals surface area (Å²) in [5.41, 5.74) is 2.63. The zero-order chi connectivity index (χ0) is 18.4. The van der Waals surface area contributed by atoms with Crippen LogP contribution in [0.15, 0.2) is 48.5 Å². The lowest BCUT2D eigenvalue weighted by atomic mass is 10.1. The molecule has 1 aliphatic heterocycles. The molecule has 0 saturated carbocycles. The molecule has 2 N–H and O–H groups in total. The van der Waals surface area contributed by atoms with Gasteiger partial charge >= 0.3 is 6.03 Å². The van der Waals surface area contributed by atoms with Crippen molar-refractivity contribution in [2.75, 3.05) is 25.5 Å². The van der Waals surface area contributed by atoms with E-state index in [1.165, 1.54) is 0 Å². The number of likely N-dealkylation sites (tertiary alicyclic amines) is 1. The normalized spacial score (nSPS) is 12.9. The monoisotopic (exact) mass is 353 g/mol. The number of carbonyl (C=O) groups is 2. The molecular weight excluding hydrogens is 330 g/mol. The Bertz CT molecular complexity index is 753. The molecule has 0 aliphatic carbocycles. The van der Waals surface area contributed by atoms with Gasteiger partial charge in [0.15, 0.2) is 0 Å². The Balaban J connectivity index is 1.45. The highest BCUT2D eigenvalue weighted by Crippen LogP contribution is 2.14. The lowest BCUT2D eigenvalue weighted by molar-refractivity contribution is -0.133. The van der Waals surface area contributed by atoms with Gasteiger partial charge in [0.25, 0.3) is 0 Å². The smallest absolute Gasteiger partial charge is 0.319 e. The third-order valence-electron chi connectivity index (χ3n) is 4.39. The zero-order valence-corrected chi connectivity index (χ0v) is 14.8. The van der Waals surface area contributed by atoms with Gasteiger partial charge in [0, 0.05) is 25.3 Å². The second-order valence-corrected chi connectivity index (χ2v) is 6.26. The SMILES string of the molecule is COc1ccc(CNC(=O)Nc2ccc(CC(=O)N3CCC3)cc2)cc1. The van der Waals surface area contributed by atoms with Crippen LogP contribution in [0.2, 0.25) is 0 Å². The largest absolute Gasteiger partial charge is 0.497 e. The fourth-order valence-electron chi connectivity index (χ4n) is 2.66. The molecule has 2 aromatic carbocycles. The van der Waals surface area contributed by atoms with Gasteiger partial charge in [-0.05, 0) is 41.8 Å². The molecule has 0 spiro atoms. The molecule has 1 aliphatic rings. The van der Waals surface area contributed by atoms with E-state index in [9.17, 15) is 9.59 Å². The number of nitrogens with one attached hydrogen (secondary N) is 2. The second-order valence-electron chi connectivity index (χ2n) is 6.26. The van der Waals surface area contributed by atoms with Gasteiger partial charge in [0.05, 0.1) is 13.5 Å². The van der Waals surface area contributed by atoms with E-state index >= 15 is 0 Å².